The Labute approximate surface area is 153 Å². The van der Waals surface area contributed by atoms with Gasteiger partial charge in [-0.2, -0.15) is 0 Å². The molecule has 0 aliphatic rings. The number of fused-ring (bicyclic) bond motifs is 1. The van der Waals surface area contributed by atoms with Crippen LogP contribution in [0.15, 0.2) is 41.0 Å². The van der Waals surface area contributed by atoms with Crippen molar-refractivity contribution in [3.8, 4) is 0 Å². The van der Waals surface area contributed by atoms with Crippen LogP contribution in [-0.4, -0.2) is 18.5 Å². The highest BCUT2D eigenvalue weighted by Gasteiger charge is 2.16. The molecule has 140 valence electrons. The quantitative estimate of drug-likeness (QED) is 0.685. The molecule has 0 aliphatic heterocycles. The SMILES string of the molecule is Cc1ccc2c(CC(=O)OCC(=O)Nc3c(F)cccc3F)coc2c1C. The van der Waals surface area contributed by atoms with Gasteiger partial charge in [-0.25, -0.2) is 8.78 Å². The fraction of sp³-hybridized carbons (Fsp3) is 0.200. The van der Waals surface area contributed by atoms with Gasteiger partial charge in [-0.3, -0.25) is 9.59 Å². The monoisotopic (exact) mass is 373 g/mol. The Morgan fingerprint density at radius 2 is 1.81 bits per heavy atom. The molecule has 7 heteroatoms. The highest BCUT2D eigenvalue weighted by atomic mass is 19.1. The van der Waals surface area contributed by atoms with E-state index in [9.17, 15) is 18.4 Å². The van der Waals surface area contributed by atoms with Crippen molar-refractivity contribution in [1.82, 2.24) is 0 Å². The van der Waals surface area contributed by atoms with Gasteiger partial charge in [-0.1, -0.05) is 18.2 Å². The van der Waals surface area contributed by atoms with Crippen molar-refractivity contribution in [2.45, 2.75) is 20.3 Å². The average Bonchev–Trinajstić information content (AvgIpc) is 3.03. The highest BCUT2D eigenvalue weighted by Crippen LogP contribution is 2.27. The van der Waals surface area contributed by atoms with Crippen molar-refractivity contribution in [3.63, 3.8) is 0 Å². The maximum absolute atomic E-state index is 13.5. The van der Waals surface area contributed by atoms with E-state index in [2.05, 4.69) is 5.32 Å². The molecule has 0 saturated carbocycles. The fourth-order valence-corrected chi connectivity index (χ4v) is 2.67. The van der Waals surface area contributed by atoms with Crippen molar-refractivity contribution in [3.05, 3.63) is 64.9 Å². The Balaban J connectivity index is 1.60. The average molecular weight is 373 g/mol. The Bertz CT molecular complexity index is 1010. The first-order valence-electron chi connectivity index (χ1n) is 8.22. The number of hydrogen-bond acceptors (Lipinski definition) is 4. The molecule has 1 aromatic heterocycles. The number of carbonyl (C=O) groups is 2. The standard InChI is InChI=1S/C20H17F2NO4/c1-11-6-7-14-13(9-27-20(14)12(11)2)8-18(25)26-10-17(24)23-19-15(21)4-3-5-16(19)22/h3-7,9H,8,10H2,1-2H3,(H,23,24). The lowest BCUT2D eigenvalue weighted by molar-refractivity contribution is -0.146. The first kappa shape index (κ1) is 18.6. The van der Waals surface area contributed by atoms with Crippen molar-refractivity contribution in [2.24, 2.45) is 0 Å². The maximum Gasteiger partial charge on any atom is 0.310 e. The summed E-state index contributed by atoms with van der Waals surface area (Å²) in [5, 5.41) is 2.85. The molecular formula is C20H17F2NO4. The number of benzene rings is 2. The third-order valence-electron chi connectivity index (χ3n) is 4.27. The molecule has 0 spiro atoms. The van der Waals surface area contributed by atoms with Gasteiger partial charge in [-0.05, 0) is 37.1 Å². The molecule has 3 rings (SSSR count). The summed E-state index contributed by atoms with van der Waals surface area (Å²) in [6.07, 6.45) is 1.39. The van der Waals surface area contributed by atoms with E-state index in [1.54, 1.807) is 0 Å². The van der Waals surface area contributed by atoms with Crippen LogP contribution in [-0.2, 0) is 20.7 Å². The normalized spacial score (nSPS) is 10.8. The third kappa shape index (κ3) is 3.97. The van der Waals surface area contributed by atoms with Gasteiger partial charge in [0.2, 0.25) is 0 Å². The minimum Gasteiger partial charge on any atom is -0.464 e. The molecule has 0 fully saturated rings. The minimum atomic E-state index is -0.912. The number of aryl methyl sites for hydroxylation is 2. The second-order valence-corrected chi connectivity index (χ2v) is 6.13. The molecule has 0 bridgehead atoms. The topological polar surface area (TPSA) is 68.5 Å². The summed E-state index contributed by atoms with van der Waals surface area (Å²) in [5.41, 5.74) is 2.82. The van der Waals surface area contributed by atoms with Gasteiger partial charge in [-0.15, -0.1) is 0 Å². The van der Waals surface area contributed by atoms with E-state index >= 15 is 0 Å². The highest BCUT2D eigenvalue weighted by molar-refractivity contribution is 5.93. The predicted octanol–water partition coefficient (Wildman–Crippen LogP) is 4.05. The lowest BCUT2D eigenvalue weighted by Crippen LogP contribution is -2.22. The van der Waals surface area contributed by atoms with Gasteiger partial charge >= 0.3 is 5.97 Å². The smallest absolute Gasteiger partial charge is 0.310 e. The van der Waals surface area contributed by atoms with Gasteiger partial charge in [0.15, 0.2) is 6.61 Å². The first-order chi connectivity index (χ1) is 12.9. The summed E-state index contributed by atoms with van der Waals surface area (Å²) in [6, 6.07) is 6.99. The number of furan rings is 1. The zero-order valence-corrected chi connectivity index (χ0v) is 14.8. The molecule has 27 heavy (non-hydrogen) atoms. The number of anilines is 1. The van der Waals surface area contributed by atoms with Crippen molar-refractivity contribution >= 4 is 28.5 Å². The van der Waals surface area contributed by atoms with Gasteiger partial charge in [0.05, 0.1) is 12.7 Å². The van der Waals surface area contributed by atoms with E-state index in [0.717, 1.165) is 28.6 Å². The number of para-hydroxylation sites is 1. The number of nitrogens with one attached hydrogen (secondary N) is 1. The lowest BCUT2D eigenvalue weighted by Gasteiger charge is -2.08. The molecule has 2 aromatic carbocycles. The second-order valence-electron chi connectivity index (χ2n) is 6.13. The van der Waals surface area contributed by atoms with E-state index in [1.807, 2.05) is 26.0 Å². The molecular weight excluding hydrogens is 356 g/mol. The number of hydrogen-bond donors (Lipinski definition) is 1. The minimum absolute atomic E-state index is 0.0865. The zero-order chi connectivity index (χ0) is 19.6. The summed E-state index contributed by atoms with van der Waals surface area (Å²) in [7, 11) is 0. The Hall–Kier alpha value is -3.22. The number of ether oxygens (including phenoxy) is 1. The molecule has 0 saturated heterocycles. The van der Waals surface area contributed by atoms with Crippen LogP contribution in [0.3, 0.4) is 0 Å². The van der Waals surface area contributed by atoms with Gasteiger partial charge < -0.3 is 14.5 Å². The van der Waals surface area contributed by atoms with E-state index in [1.165, 1.54) is 12.3 Å². The van der Waals surface area contributed by atoms with Crippen LogP contribution in [0.2, 0.25) is 0 Å². The summed E-state index contributed by atoms with van der Waals surface area (Å²) >= 11 is 0. The maximum atomic E-state index is 13.5. The molecule has 0 radical (unpaired) electrons. The van der Waals surface area contributed by atoms with Crippen LogP contribution >= 0.6 is 0 Å². The Kier molecular flexibility index (Phi) is 5.21. The molecule has 5 nitrogen and oxygen atoms in total. The number of esters is 1. The van der Waals surface area contributed by atoms with E-state index < -0.39 is 35.8 Å². The number of halogens is 2. The summed E-state index contributed by atoms with van der Waals surface area (Å²) in [6.45, 7) is 3.23. The van der Waals surface area contributed by atoms with Crippen LogP contribution in [0.4, 0.5) is 14.5 Å². The van der Waals surface area contributed by atoms with E-state index in [-0.39, 0.29) is 6.42 Å². The lowest BCUT2D eigenvalue weighted by atomic mass is 10.0. The largest absolute Gasteiger partial charge is 0.464 e. The van der Waals surface area contributed by atoms with Crippen molar-refractivity contribution in [1.29, 1.82) is 0 Å². The number of amides is 1. The fourth-order valence-electron chi connectivity index (χ4n) is 2.67. The van der Waals surface area contributed by atoms with Gasteiger partial charge in [0.1, 0.15) is 22.9 Å². The van der Waals surface area contributed by atoms with Crippen LogP contribution < -0.4 is 5.32 Å². The van der Waals surface area contributed by atoms with Crippen LogP contribution in [0.1, 0.15) is 16.7 Å². The van der Waals surface area contributed by atoms with E-state index in [0.29, 0.717) is 11.1 Å². The van der Waals surface area contributed by atoms with Gasteiger partial charge in [0, 0.05) is 10.9 Å². The Morgan fingerprint density at radius 1 is 1.11 bits per heavy atom. The Morgan fingerprint density at radius 3 is 2.52 bits per heavy atom. The van der Waals surface area contributed by atoms with Crippen molar-refractivity contribution in [2.75, 3.05) is 11.9 Å². The zero-order valence-electron chi connectivity index (χ0n) is 14.8. The van der Waals surface area contributed by atoms with Crippen molar-refractivity contribution < 1.29 is 27.5 Å². The molecule has 0 atom stereocenters. The number of rotatable bonds is 5. The third-order valence-corrected chi connectivity index (χ3v) is 4.27. The van der Waals surface area contributed by atoms with E-state index in [4.69, 9.17) is 9.15 Å². The molecule has 3 aromatic rings. The van der Waals surface area contributed by atoms with Gasteiger partial charge in [0.25, 0.3) is 5.91 Å². The first-order valence-corrected chi connectivity index (χ1v) is 8.22. The molecule has 1 heterocycles. The van der Waals surface area contributed by atoms with Crippen LogP contribution in [0.25, 0.3) is 11.0 Å². The number of carbonyl (C=O) groups excluding carboxylic acids is 2. The molecule has 1 amide bonds. The molecule has 0 aliphatic carbocycles. The van der Waals surface area contributed by atoms with Crippen LogP contribution in [0, 0.1) is 25.5 Å². The summed E-state index contributed by atoms with van der Waals surface area (Å²) in [4.78, 5) is 23.8. The summed E-state index contributed by atoms with van der Waals surface area (Å²) in [5.74, 6) is -3.31. The predicted molar refractivity (Wildman–Crippen MR) is 95.3 cm³/mol. The van der Waals surface area contributed by atoms with Crippen LogP contribution in [0.5, 0.6) is 0 Å². The molecule has 1 N–H and O–H groups in total. The molecule has 0 unspecified atom stereocenters. The summed E-state index contributed by atoms with van der Waals surface area (Å²) < 4.78 is 37.4. The second kappa shape index (κ2) is 7.57.